The maximum atomic E-state index is 10.3. The van der Waals surface area contributed by atoms with Crippen molar-refractivity contribution in [2.24, 2.45) is 0 Å². The number of aliphatic hydroxyl groups is 3. The standard InChI is InChI=1S/C17H18ClN5O6/c18-17-21-14(19-4-7-2-1-3-8(25)11(7)26)10-15(22-17)23(6-20-10)16-13(28)12(27)9(5-24)29-16/h1-3,6,9,12-13,16,24-28H,4-5H2,(H,19,21,22)/t9-,12-,13-,16?/m1/s1. The van der Waals surface area contributed by atoms with Crippen LogP contribution in [0.4, 0.5) is 5.82 Å². The molecule has 4 rings (SSSR count). The molecule has 12 heteroatoms. The number of para-hydroxylation sites is 1. The number of hydrogen-bond acceptors (Lipinski definition) is 10. The van der Waals surface area contributed by atoms with Gasteiger partial charge in [0.05, 0.1) is 12.9 Å². The van der Waals surface area contributed by atoms with E-state index in [1.54, 1.807) is 12.1 Å². The number of aromatic nitrogens is 4. The van der Waals surface area contributed by atoms with Crippen LogP contribution in [0.15, 0.2) is 24.5 Å². The number of benzene rings is 1. The summed E-state index contributed by atoms with van der Waals surface area (Å²) >= 11 is 6.03. The lowest BCUT2D eigenvalue weighted by Gasteiger charge is -2.16. The number of ether oxygens (including phenoxy) is 1. The molecule has 1 fully saturated rings. The molecule has 0 radical (unpaired) electrons. The van der Waals surface area contributed by atoms with Gasteiger partial charge in [-0.2, -0.15) is 9.97 Å². The lowest BCUT2D eigenvalue weighted by Crippen LogP contribution is -2.33. The first-order valence-corrected chi connectivity index (χ1v) is 9.04. The summed E-state index contributed by atoms with van der Waals surface area (Å²) in [6.45, 7) is -0.347. The molecular formula is C17H18ClN5O6. The van der Waals surface area contributed by atoms with E-state index in [-0.39, 0.29) is 34.8 Å². The lowest BCUT2D eigenvalue weighted by molar-refractivity contribution is -0.0511. The summed E-state index contributed by atoms with van der Waals surface area (Å²) in [6.07, 6.45) is -3.20. The van der Waals surface area contributed by atoms with Crippen molar-refractivity contribution in [1.82, 2.24) is 19.5 Å². The number of phenolic OH excluding ortho intramolecular Hbond substituents is 2. The van der Waals surface area contributed by atoms with E-state index in [4.69, 9.17) is 16.3 Å². The molecule has 0 amide bonds. The quantitative estimate of drug-likeness (QED) is 0.245. The molecule has 0 bridgehead atoms. The molecule has 0 aliphatic carbocycles. The number of fused-ring (bicyclic) bond motifs is 1. The average Bonchev–Trinajstić information content (AvgIpc) is 3.24. The summed E-state index contributed by atoms with van der Waals surface area (Å²) in [6, 6.07) is 4.58. The van der Waals surface area contributed by atoms with Crippen LogP contribution < -0.4 is 5.32 Å². The van der Waals surface area contributed by atoms with E-state index in [1.165, 1.54) is 17.0 Å². The molecule has 29 heavy (non-hydrogen) atoms. The molecule has 11 nitrogen and oxygen atoms in total. The van der Waals surface area contributed by atoms with Crippen LogP contribution in [0, 0.1) is 0 Å². The number of imidazole rings is 1. The van der Waals surface area contributed by atoms with E-state index in [1.807, 2.05) is 0 Å². The average molecular weight is 424 g/mol. The molecule has 154 valence electrons. The highest BCUT2D eigenvalue weighted by Gasteiger charge is 2.44. The normalized spacial score (nSPS) is 24.3. The first-order valence-electron chi connectivity index (χ1n) is 8.67. The molecular weight excluding hydrogens is 406 g/mol. The Kier molecular flexibility index (Phi) is 5.15. The predicted molar refractivity (Wildman–Crippen MR) is 100 cm³/mol. The molecule has 3 aromatic rings. The van der Waals surface area contributed by atoms with Crippen molar-refractivity contribution in [1.29, 1.82) is 0 Å². The molecule has 0 spiro atoms. The van der Waals surface area contributed by atoms with Crippen LogP contribution in [0.5, 0.6) is 11.5 Å². The molecule has 3 heterocycles. The number of nitrogens with zero attached hydrogens (tertiary/aromatic N) is 4. The van der Waals surface area contributed by atoms with Gasteiger partial charge < -0.3 is 35.6 Å². The van der Waals surface area contributed by atoms with Crippen molar-refractivity contribution in [2.75, 3.05) is 11.9 Å². The summed E-state index contributed by atoms with van der Waals surface area (Å²) in [5.74, 6) is -0.245. The van der Waals surface area contributed by atoms with Crippen LogP contribution in [0.1, 0.15) is 11.8 Å². The second-order valence-electron chi connectivity index (χ2n) is 6.53. The van der Waals surface area contributed by atoms with E-state index in [0.29, 0.717) is 11.1 Å². The number of rotatable bonds is 5. The van der Waals surface area contributed by atoms with Gasteiger partial charge in [-0.05, 0) is 17.7 Å². The molecule has 1 aliphatic heterocycles. The number of halogens is 1. The van der Waals surface area contributed by atoms with Gasteiger partial charge >= 0.3 is 0 Å². The Labute approximate surface area is 168 Å². The molecule has 0 saturated carbocycles. The molecule has 4 atom stereocenters. The maximum absolute atomic E-state index is 10.3. The molecule has 6 N–H and O–H groups in total. The van der Waals surface area contributed by atoms with Gasteiger partial charge in [0.25, 0.3) is 0 Å². The Hall–Kier alpha value is -2.70. The Balaban J connectivity index is 1.66. The van der Waals surface area contributed by atoms with Crippen molar-refractivity contribution in [3.05, 3.63) is 35.4 Å². The summed E-state index contributed by atoms with van der Waals surface area (Å²) in [4.78, 5) is 12.5. The monoisotopic (exact) mass is 423 g/mol. The topological polar surface area (TPSA) is 166 Å². The zero-order chi connectivity index (χ0) is 20.7. The van der Waals surface area contributed by atoms with Gasteiger partial charge in [0.1, 0.15) is 18.3 Å². The number of aliphatic hydroxyl groups excluding tert-OH is 3. The van der Waals surface area contributed by atoms with Crippen molar-refractivity contribution in [2.45, 2.75) is 31.1 Å². The Bertz CT molecular complexity index is 1050. The van der Waals surface area contributed by atoms with Gasteiger partial charge in [0.15, 0.2) is 34.7 Å². The smallest absolute Gasteiger partial charge is 0.226 e. The minimum atomic E-state index is -1.31. The number of phenols is 2. The molecule has 1 saturated heterocycles. The largest absolute Gasteiger partial charge is 0.504 e. The van der Waals surface area contributed by atoms with Crippen molar-refractivity contribution in [3.63, 3.8) is 0 Å². The maximum Gasteiger partial charge on any atom is 0.226 e. The van der Waals surface area contributed by atoms with Crippen LogP contribution in [0.25, 0.3) is 11.2 Å². The van der Waals surface area contributed by atoms with Crippen molar-refractivity contribution < 1.29 is 30.3 Å². The van der Waals surface area contributed by atoms with Crippen LogP contribution in [-0.2, 0) is 11.3 Å². The first kappa shape index (κ1) is 19.6. The molecule has 1 aromatic carbocycles. The Morgan fingerprint density at radius 2 is 1.97 bits per heavy atom. The zero-order valence-electron chi connectivity index (χ0n) is 14.8. The van der Waals surface area contributed by atoms with Gasteiger partial charge in [0, 0.05) is 12.1 Å². The Morgan fingerprint density at radius 1 is 1.17 bits per heavy atom. The van der Waals surface area contributed by atoms with Gasteiger partial charge in [-0.15, -0.1) is 0 Å². The third-order valence-corrected chi connectivity index (χ3v) is 4.90. The Morgan fingerprint density at radius 3 is 2.69 bits per heavy atom. The fourth-order valence-corrected chi connectivity index (χ4v) is 3.37. The molecule has 2 aromatic heterocycles. The van der Waals surface area contributed by atoms with Crippen molar-refractivity contribution in [3.8, 4) is 11.5 Å². The van der Waals surface area contributed by atoms with Crippen LogP contribution >= 0.6 is 11.6 Å². The number of nitrogens with one attached hydrogen (secondary N) is 1. The first-order chi connectivity index (χ1) is 13.9. The summed E-state index contributed by atoms with van der Waals surface area (Å²) in [5, 5.41) is 51.9. The third kappa shape index (κ3) is 3.43. The SMILES string of the molecule is OC[C@H]1OC(n2cnc3c(NCc4cccc(O)c4O)nc(Cl)nc32)[C@H](O)[C@@H]1O. The highest BCUT2D eigenvalue weighted by Crippen LogP contribution is 2.33. The third-order valence-electron chi connectivity index (χ3n) is 4.73. The highest BCUT2D eigenvalue weighted by molar-refractivity contribution is 6.28. The van der Waals surface area contributed by atoms with E-state index >= 15 is 0 Å². The van der Waals surface area contributed by atoms with Gasteiger partial charge in [-0.3, -0.25) is 4.57 Å². The minimum Gasteiger partial charge on any atom is -0.504 e. The van der Waals surface area contributed by atoms with Crippen LogP contribution in [0.2, 0.25) is 5.28 Å². The minimum absolute atomic E-state index is 0.103. The summed E-state index contributed by atoms with van der Waals surface area (Å²) in [5.41, 5.74) is 0.977. The van der Waals surface area contributed by atoms with E-state index < -0.39 is 31.1 Å². The fraction of sp³-hybridized carbons (Fsp3) is 0.353. The second kappa shape index (κ2) is 7.61. The number of anilines is 1. The fourth-order valence-electron chi connectivity index (χ4n) is 3.21. The number of aromatic hydroxyl groups is 2. The van der Waals surface area contributed by atoms with E-state index in [0.717, 1.165) is 0 Å². The van der Waals surface area contributed by atoms with E-state index in [2.05, 4.69) is 20.3 Å². The highest BCUT2D eigenvalue weighted by atomic mass is 35.5. The number of hydrogen-bond donors (Lipinski definition) is 6. The van der Waals surface area contributed by atoms with Crippen LogP contribution in [-0.4, -0.2) is 70.0 Å². The van der Waals surface area contributed by atoms with E-state index in [9.17, 15) is 25.5 Å². The van der Waals surface area contributed by atoms with Gasteiger partial charge in [-0.25, -0.2) is 4.98 Å². The van der Waals surface area contributed by atoms with Crippen LogP contribution in [0.3, 0.4) is 0 Å². The predicted octanol–water partition coefficient (Wildman–Crippen LogP) is 0.114. The van der Waals surface area contributed by atoms with Crippen molar-refractivity contribution >= 4 is 28.6 Å². The lowest BCUT2D eigenvalue weighted by atomic mass is 10.1. The van der Waals surface area contributed by atoms with Gasteiger partial charge in [0.2, 0.25) is 5.28 Å². The molecule has 1 unspecified atom stereocenters. The zero-order valence-corrected chi connectivity index (χ0v) is 15.6. The summed E-state index contributed by atoms with van der Waals surface area (Å²) < 4.78 is 6.91. The van der Waals surface area contributed by atoms with Gasteiger partial charge in [-0.1, -0.05) is 12.1 Å². The summed E-state index contributed by atoms with van der Waals surface area (Å²) in [7, 11) is 0. The molecule has 1 aliphatic rings. The second-order valence-corrected chi connectivity index (χ2v) is 6.87.